The highest BCUT2D eigenvalue weighted by atomic mass is 35.5. The second kappa shape index (κ2) is 10.6. The van der Waals surface area contributed by atoms with E-state index in [1.54, 1.807) is 0 Å². The third-order valence-electron chi connectivity index (χ3n) is 7.05. The molecule has 5 aliphatic heterocycles. The van der Waals surface area contributed by atoms with Gasteiger partial charge in [0.2, 0.25) is 13.6 Å². The van der Waals surface area contributed by atoms with Crippen LogP contribution in [0.5, 0.6) is 23.0 Å². The van der Waals surface area contributed by atoms with E-state index in [-0.39, 0.29) is 18.9 Å². The van der Waals surface area contributed by atoms with Crippen molar-refractivity contribution in [3.05, 3.63) is 117 Å². The molecule has 6 heteroatoms. The molecule has 0 aromatic heterocycles. The molecule has 188 valence electrons. The molecule has 10 rings (SSSR count). The topological polar surface area (TPSA) is 36.9 Å². The molecule has 37 heavy (non-hydrogen) atoms. The van der Waals surface area contributed by atoms with Gasteiger partial charge in [0.05, 0.1) is 5.34 Å². The van der Waals surface area contributed by atoms with Crippen molar-refractivity contribution in [2.45, 2.75) is 25.7 Å². The molecule has 4 nitrogen and oxygen atoms in total. The molecular formula is C31H26Cl2O4. The number of halogens is 2. The summed E-state index contributed by atoms with van der Waals surface area (Å²) >= 11 is 9.53. The first-order valence-corrected chi connectivity index (χ1v) is 13.4. The molecule has 12 bridgehead atoms. The molecule has 0 fully saturated rings. The third kappa shape index (κ3) is 4.72. The Morgan fingerprint density at radius 3 is 0.784 bits per heavy atom. The lowest BCUT2D eigenvalue weighted by Crippen LogP contribution is -2.17. The molecule has 4 aromatic rings. The maximum atomic E-state index is 6.26. The van der Waals surface area contributed by atoms with Gasteiger partial charge < -0.3 is 18.9 Å². The van der Waals surface area contributed by atoms with Gasteiger partial charge in [-0.15, -0.1) is 23.2 Å². The molecule has 0 N–H and O–H groups in total. The number of ether oxygens (including phenoxy) is 4. The lowest BCUT2D eigenvalue weighted by molar-refractivity contribution is 0.111. The summed E-state index contributed by atoms with van der Waals surface area (Å²) in [5.74, 6) is 3.66. The van der Waals surface area contributed by atoms with E-state index in [1.807, 2.05) is 0 Å². The summed E-state index contributed by atoms with van der Waals surface area (Å²) < 4.78 is 25.0. The molecule has 0 amide bonds. The zero-order valence-electron chi connectivity index (χ0n) is 20.3. The zero-order chi connectivity index (χ0) is 25.2. The fraction of sp³-hybridized carbons (Fsp3) is 0.226. The Kier molecular flexibility index (Phi) is 6.86. The van der Waals surface area contributed by atoms with Gasteiger partial charge in [0.25, 0.3) is 0 Å². The second-order valence-electron chi connectivity index (χ2n) is 9.24. The van der Waals surface area contributed by atoms with Crippen molar-refractivity contribution in [3.63, 3.8) is 0 Å². The number of benzene rings is 4. The Balaban J connectivity index is 0.000000804. The highest BCUT2D eigenvalue weighted by molar-refractivity contribution is 6.40. The van der Waals surface area contributed by atoms with Gasteiger partial charge in [-0.3, -0.25) is 0 Å². The summed E-state index contributed by atoms with van der Waals surface area (Å²) in [4.78, 5) is 0. The quantitative estimate of drug-likeness (QED) is 0.197. The first-order valence-electron chi connectivity index (χ1n) is 12.3. The molecular weight excluding hydrogens is 507 g/mol. The van der Waals surface area contributed by atoms with Crippen molar-refractivity contribution in [2.24, 2.45) is 0 Å². The van der Waals surface area contributed by atoms with Gasteiger partial charge in [-0.25, -0.2) is 0 Å². The van der Waals surface area contributed by atoms with Gasteiger partial charge in [0.1, 0.15) is 23.0 Å². The van der Waals surface area contributed by atoms with Crippen LogP contribution in [0.15, 0.2) is 72.8 Å². The van der Waals surface area contributed by atoms with Gasteiger partial charge in [-0.05, 0) is 44.5 Å². The minimum absolute atomic E-state index is 0.181. The lowest BCUT2D eigenvalue weighted by Gasteiger charge is -2.26. The van der Waals surface area contributed by atoms with Crippen molar-refractivity contribution >= 4 is 23.2 Å². The monoisotopic (exact) mass is 532 g/mol. The maximum absolute atomic E-state index is 6.26. The Labute approximate surface area is 226 Å². The van der Waals surface area contributed by atoms with Crippen LogP contribution in [0, 0.1) is 0 Å². The van der Waals surface area contributed by atoms with Crippen molar-refractivity contribution in [3.8, 4) is 23.0 Å². The SMILES string of the molecule is ClCCl.c1cc2c3c(c1)Cc1cccc4c1OCOc1c(cccc1Cc1cccc(c1OCO3)C2)C4. The first kappa shape index (κ1) is 24.0. The molecule has 0 radical (unpaired) electrons. The minimum atomic E-state index is 0.181. The van der Waals surface area contributed by atoms with Crippen LogP contribution in [0.1, 0.15) is 44.5 Å². The van der Waals surface area contributed by atoms with E-state index in [2.05, 4.69) is 72.8 Å². The minimum Gasteiger partial charge on any atom is -0.457 e. The molecule has 6 aliphatic rings. The van der Waals surface area contributed by atoms with Gasteiger partial charge in [-0.1, -0.05) is 72.8 Å². The lowest BCUT2D eigenvalue weighted by atomic mass is 9.91. The smallest absolute Gasteiger partial charge is 0.230 e. The van der Waals surface area contributed by atoms with Crippen molar-refractivity contribution < 1.29 is 18.9 Å². The van der Waals surface area contributed by atoms with E-state index in [0.29, 0.717) is 12.8 Å². The van der Waals surface area contributed by atoms with E-state index >= 15 is 0 Å². The number of para-hydroxylation sites is 4. The van der Waals surface area contributed by atoms with E-state index in [4.69, 9.17) is 42.1 Å². The Morgan fingerprint density at radius 2 is 0.595 bits per heavy atom. The van der Waals surface area contributed by atoms with Crippen LogP contribution in [-0.2, 0) is 25.7 Å². The Morgan fingerprint density at radius 1 is 0.405 bits per heavy atom. The van der Waals surface area contributed by atoms with E-state index in [1.165, 1.54) is 22.3 Å². The predicted molar refractivity (Wildman–Crippen MR) is 146 cm³/mol. The standard InChI is InChI=1S/C30H24O4.CH2Cl2/c1-5-19-13-20-6-2-11-25-16-26-12-4-8-22-14-21-7-3-10-24(29(21)33-18-34-30(22)26)15-23(9-1)27(19)31-17-32-28(20)25;2-1-3/h1-12H,13-18H2;1H2. The van der Waals surface area contributed by atoms with E-state index in [9.17, 15) is 0 Å². The molecule has 1 aliphatic carbocycles. The largest absolute Gasteiger partial charge is 0.457 e. The number of rotatable bonds is 0. The number of alkyl halides is 2. The van der Waals surface area contributed by atoms with Crippen LogP contribution in [0.4, 0.5) is 0 Å². The zero-order valence-corrected chi connectivity index (χ0v) is 21.8. The van der Waals surface area contributed by atoms with Crippen molar-refractivity contribution in [2.75, 3.05) is 18.9 Å². The van der Waals surface area contributed by atoms with Crippen LogP contribution >= 0.6 is 23.2 Å². The highest BCUT2D eigenvalue weighted by Crippen LogP contribution is 2.40. The summed E-state index contributed by atoms with van der Waals surface area (Å²) in [6.07, 6.45) is 2.95. The van der Waals surface area contributed by atoms with Crippen molar-refractivity contribution in [1.29, 1.82) is 0 Å². The summed E-state index contributed by atoms with van der Waals surface area (Å²) in [5.41, 5.74) is 9.27. The molecule has 0 spiro atoms. The van der Waals surface area contributed by atoms with E-state index in [0.717, 1.165) is 58.1 Å². The van der Waals surface area contributed by atoms with E-state index < -0.39 is 0 Å². The Hall–Kier alpha value is -3.34. The van der Waals surface area contributed by atoms with Gasteiger partial charge in [0, 0.05) is 25.7 Å². The molecule has 5 heterocycles. The molecule has 0 saturated heterocycles. The summed E-state index contributed by atoms with van der Waals surface area (Å²) in [6, 6.07) is 25.7. The van der Waals surface area contributed by atoms with Crippen LogP contribution in [-0.4, -0.2) is 18.9 Å². The molecule has 0 saturated carbocycles. The van der Waals surface area contributed by atoms with Gasteiger partial charge in [-0.2, -0.15) is 0 Å². The summed E-state index contributed by atoms with van der Waals surface area (Å²) in [6.45, 7) is 0.363. The average Bonchev–Trinajstić information content (AvgIpc) is 2.86. The maximum Gasteiger partial charge on any atom is 0.230 e. The Bertz CT molecular complexity index is 1240. The fourth-order valence-corrected chi connectivity index (χ4v) is 5.52. The highest BCUT2D eigenvalue weighted by Gasteiger charge is 2.24. The second-order valence-corrected chi connectivity index (χ2v) is 10.1. The number of hydrogen-bond acceptors (Lipinski definition) is 4. The van der Waals surface area contributed by atoms with Crippen LogP contribution in [0.2, 0.25) is 0 Å². The van der Waals surface area contributed by atoms with Gasteiger partial charge >= 0.3 is 0 Å². The third-order valence-corrected chi connectivity index (χ3v) is 7.05. The summed E-state index contributed by atoms with van der Waals surface area (Å²) in [5, 5.41) is 0.194. The normalized spacial score (nSPS) is 14.5. The van der Waals surface area contributed by atoms with Crippen LogP contribution < -0.4 is 18.9 Å². The average molecular weight is 533 g/mol. The predicted octanol–water partition coefficient (Wildman–Crippen LogP) is 7.24. The first-order chi connectivity index (χ1) is 18.2. The fourth-order valence-electron chi connectivity index (χ4n) is 5.52. The molecule has 0 atom stereocenters. The van der Waals surface area contributed by atoms with Crippen LogP contribution in [0.3, 0.4) is 0 Å². The molecule has 0 unspecified atom stereocenters. The summed E-state index contributed by atoms with van der Waals surface area (Å²) in [7, 11) is 0. The number of hydrogen-bond donors (Lipinski definition) is 0. The molecule has 4 aromatic carbocycles. The van der Waals surface area contributed by atoms with Crippen LogP contribution in [0.25, 0.3) is 0 Å². The van der Waals surface area contributed by atoms with Crippen molar-refractivity contribution in [1.82, 2.24) is 0 Å². The van der Waals surface area contributed by atoms with Gasteiger partial charge in [0.15, 0.2) is 0 Å².